The number of carbonyl (C=O) groups is 3. The van der Waals surface area contributed by atoms with Gasteiger partial charge in [-0.3, -0.25) is 24.5 Å². The van der Waals surface area contributed by atoms with Crippen LogP contribution >= 0.6 is 15.9 Å². The zero-order valence-electron chi connectivity index (χ0n) is 19.1. The Hall–Kier alpha value is -3.86. The molecule has 1 N–H and O–H groups in total. The summed E-state index contributed by atoms with van der Waals surface area (Å²) in [6, 6.07) is 9.91. The van der Waals surface area contributed by atoms with E-state index in [1.807, 2.05) is 31.2 Å². The van der Waals surface area contributed by atoms with E-state index in [1.165, 1.54) is 18.3 Å². The number of hydrogen-bond donors (Lipinski definition) is 1. The summed E-state index contributed by atoms with van der Waals surface area (Å²) < 4.78 is 5.70. The number of nitro benzene ring substituents is 1. The van der Waals surface area contributed by atoms with Crippen LogP contribution in [0.2, 0.25) is 0 Å². The molecule has 1 aliphatic heterocycles. The van der Waals surface area contributed by atoms with Crippen LogP contribution in [0.25, 0.3) is 0 Å². The van der Waals surface area contributed by atoms with E-state index in [-0.39, 0.29) is 51.3 Å². The summed E-state index contributed by atoms with van der Waals surface area (Å²) in [5.74, 6) is -1.92. The Balaban J connectivity index is 1.31. The number of nitro groups is 1. The third-order valence-corrected chi connectivity index (χ3v) is 7.37. The molecule has 2 aromatic carbocycles. The van der Waals surface area contributed by atoms with Crippen LogP contribution in [0.5, 0.6) is 5.75 Å². The summed E-state index contributed by atoms with van der Waals surface area (Å²) in [7, 11) is 0. The first-order valence-electron chi connectivity index (χ1n) is 11.3. The number of anilines is 1. The lowest BCUT2D eigenvalue weighted by atomic mass is 9.85. The van der Waals surface area contributed by atoms with Gasteiger partial charge in [-0.25, -0.2) is 0 Å². The molecule has 184 valence electrons. The van der Waals surface area contributed by atoms with E-state index in [0.29, 0.717) is 5.69 Å². The van der Waals surface area contributed by atoms with E-state index in [0.717, 1.165) is 17.0 Å². The molecule has 0 aromatic heterocycles. The van der Waals surface area contributed by atoms with E-state index < -0.39 is 23.1 Å². The molecule has 0 spiro atoms. The van der Waals surface area contributed by atoms with Crippen molar-refractivity contribution >= 4 is 51.2 Å². The van der Waals surface area contributed by atoms with Crippen LogP contribution in [0.1, 0.15) is 17.5 Å². The normalized spacial score (nSPS) is 24.0. The van der Waals surface area contributed by atoms with Gasteiger partial charge in [-0.1, -0.05) is 30.4 Å². The van der Waals surface area contributed by atoms with Gasteiger partial charge in [0.25, 0.3) is 17.7 Å². The van der Waals surface area contributed by atoms with Crippen LogP contribution in [-0.2, 0) is 14.4 Å². The average molecular weight is 553 g/mol. The minimum absolute atomic E-state index is 0.0614. The lowest BCUT2D eigenvalue weighted by Gasteiger charge is -2.13. The number of hydrazone groups is 1. The SMILES string of the molecule is Cc1ccccc1NC(=O)COc1c(Br)cc(C=NN2C(=O)[C@@H]3[C@H](C2=O)[C@H]2C=C[C@H]3C2)cc1[N+](=O)[O-]. The van der Waals surface area contributed by atoms with Crippen molar-refractivity contribution in [3.63, 3.8) is 0 Å². The van der Waals surface area contributed by atoms with Gasteiger partial charge in [0.1, 0.15) is 0 Å². The average Bonchev–Trinajstić information content (AvgIpc) is 3.52. The molecule has 2 aliphatic carbocycles. The number of hydrogen-bond acceptors (Lipinski definition) is 7. The van der Waals surface area contributed by atoms with Crippen molar-refractivity contribution in [1.29, 1.82) is 0 Å². The van der Waals surface area contributed by atoms with Gasteiger partial charge < -0.3 is 10.1 Å². The highest BCUT2D eigenvalue weighted by molar-refractivity contribution is 9.10. The molecule has 0 radical (unpaired) electrons. The van der Waals surface area contributed by atoms with Crippen LogP contribution in [0, 0.1) is 40.7 Å². The second kappa shape index (κ2) is 9.30. The van der Waals surface area contributed by atoms with Crippen molar-refractivity contribution in [3.8, 4) is 5.75 Å². The highest BCUT2D eigenvalue weighted by Crippen LogP contribution is 2.52. The smallest absolute Gasteiger partial charge is 0.312 e. The Morgan fingerprint density at radius 1 is 1.22 bits per heavy atom. The summed E-state index contributed by atoms with van der Waals surface area (Å²) in [5, 5.41) is 19.4. The van der Waals surface area contributed by atoms with Gasteiger partial charge >= 0.3 is 5.69 Å². The van der Waals surface area contributed by atoms with E-state index in [4.69, 9.17) is 4.74 Å². The molecule has 1 saturated heterocycles. The summed E-state index contributed by atoms with van der Waals surface area (Å²) >= 11 is 3.26. The second-order valence-electron chi connectivity index (χ2n) is 8.99. The fraction of sp³-hybridized carbons (Fsp3) is 0.280. The lowest BCUT2D eigenvalue weighted by molar-refractivity contribution is -0.385. The number of nitrogens with one attached hydrogen (secondary N) is 1. The molecule has 36 heavy (non-hydrogen) atoms. The highest BCUT2D eigenvalue weighted by Gasteiger charge is 2.59. The monoisotopic (exact) mass is 552 g/mol. The van der Waals surface area contributed by atoms with Crippen LogP contribution in [0.15, 0.2) is 58.1 Å². The van der Waals surface area contributed by atoms with Crippen LogP contribution in [0.4, 0.5) is 11.4 Å². The summed E-state index contributed by atoms with van der Waals surface area (Å²) in [5.41, 5.74) is 1.37. The molecule has 2 aromatic rings. The highest BCUT2D eigenvalue weighted by atomic mass is 79.9. The first kappa shape index (κ1) is 23.9. The number of aryl methyl sites for hydroxylation is 1. The number of halogens is 1. The molecule has 0 unspecified atom stereocenters. The van der Waals surface area contributed by atoms with Crippen molar-refractivity contribution in [1.82, 2.24) is 5.01 Å². The summed E-state index contributed by atoms with van der Waals surface area (Å²) in [4.78, 5) is 49.0. The zero-order chi connectivity index (χ0) is 25.6. The van der Waals surface area contributed by atoms with Gasteiger partial charge in [-0.05, 0) is 58.8 Å². The molecule has 4 atom stereocenters. The third kappa shape index (κ3) is 4.19. The first-order valence-corrected chi connectivity index (χ1v) is 12.1. The fourth-order valence-corrected chi connectivity index (χ4v) is 5.70. The molecule has 11 heteroatoms. The first-order chi connectivity index (χ1) is 17.2. The molecule has 2 fully saturated rings. The van der Waals surface area contributed by atoms with E-state index in [9.17, 15) is 24.5 Å². The number of imide groups is 1. The molecular formula is C25H21BrN4O6. The molecule has 5 rings (SSSR count). The van der Waals surface area contributed by atoms with Gasteiger partial charge in [0.15, 0.2) is 6.61 Å². The Bertz CT molecular complexity index is 1330. The van der Waals surface area contributed by atoms with Crippen LogP contribution in [0.3, 0.4) is 0 Å². The molecule has 3 aliphatic rings. The predicted octanol–water partition coefficient (Wildman–Crippen LogP) is 3.82. The van der Waals surface area contributed by atoms with E-state index in [2.05, 4.69) is 26.3 Å². The van der Waals surface area contributed by atoms with Gasteiger partial charge in [0.2, 0.25) is 5.75 Å². The molecule has 3 amide bonds. The fourth-order valence-electron chi connectivity index (χ4n) is 5.11. The lowest BCUT2D eigenvalue weighted by Crippen LogP contribution is -2.28. The molecule has 1 heterocycles. The summed E-state index contributed by atoms with van der Waals surface area (Å²) in [6.07, 6.45) is 6.03. The Kier molecular flexibility index (Phi) is 6.17. The molecule has 10 nitrogen and oxygen atoms in total. The Morgan fingerprint density at radius 2 is 1.89 bits per heavy atom. The minimum Gasteiger partial charge on any atom is -0.476 e. The van der Waals surface area contributed by atoms with Crippen molar-refractivity contribution in [2.24, 2.45) is 28.8 Å². The maximum atomic E-state index is 12.8. The number of fused-ring (bicyclic) bond motifs is 5. The maximum absolute atomic E-state index is 12.8. The zero-order valence-corrected chi connectivity index (χ0v) is 20.7. The number of rotatable bonds is 7. The number of para-hydroxylation sites is 1. The minimum atomic E-state index is -0.642. The molecule has 2 bridgehead atoms. The largest absolute Gasteiger partial charge is 0.476 e. The van der Waals surface area contributed by atoms with E-state index in [1.54, 1.807) is 12.1 Å². The van der Waals surface area contributed by atoms with Gasteiger partial charge in [-0.15, -0.1) is 0 Å². The van der Waals surface area contributed by atoms with Gasteiger partial charge in [-0.2, -0.15) is 10.1 Å². The Morgan fingerprint density at radius 3 is 2.53 bits per heavy atom. The summed E-state index contributed by atoms with van der Waals surface area (Å²) in [6.45, 7) is 1.39. The topological polar surface area (TPSA) is 131 Å². The van der Waals surface area contributed by atoms with Crippen molar-refractivity contribution in [2.45, 2.75) is 13.3 Å². The van der Waals surface area contributed by atoms with Crippen LogP contribution < -0.4 is 10.1 Å². The van der Waals surface area contributed by atoms with Crippen LogP contribution in [-0.4, -0.2) is 40.5 Å². The van der Waals surface area contributed by atoms with Gasteiger partial charge in [0.05, 0.1) is 27.4 Å². The third-order valence-electron chi connectivity index (χ3n) is 6.78. The number of carbonyl (C=O) groups excluding carboxylic acids is 3. The number of ether oxygens (including phenoxy) is 1. The standard InChI is InChI=1S/C25H21BrN4O6/c1-13-4-2-3-5-18(13)28-20(31)12-36-23-17(26)8-14(9-19(23)30(34)35)11-27-29-24(32)21-15-6-7-16(10-15)22(21)25(29)33/h2-9,11,15-16,21-22H,10,12H2,1H3,(H,28,31)/t15-,16-,21-,22+/m0/s1. The number of amides is 3. The number of benzene rings is 2. The van der Waals surface area contributed by atoms with Gasteiger partial charge in [0, 0.05) is 17.3 Å². The number of allylic oxidation sites excluding steroid dienone is 2. The predicted molar refractivity (Wildman–Crippen MR) is 133 cm³/mol. The quantitative estimate of drug-likeness (QED) is 0.182. The molecule has 1 saturated carbocycles. The number of nitrogens with zero attached hydrogens (tertiary/aromatic N) is 3. The van der Waals surface area contributed by atoms with Crippen molar-refractivity contribution in [2.75, 3.05) is 11.9 Å². The molecular weight excluding hydrogens is 532 g/mol. The Labute approximate surface area is 214 Å². The second-order valence-corrected chi connectivity index (χ2v) is 9.85. The van der Waals surface area contributed by atoms with Crippen molar-refractivity contribution < 1.29 is 24.0 Å². The van der Waals surface area contributed by atoms with E-state index >= 15 is 0 Å². The van der Waals surface area contributed by atoms with Crippen molar-refractivity contribution in [3.05, 3.63) is 74.3 Å². The maximum Gasteiger partial charge on any atom is 0.312 e.